The Hall–Kier alpha value is -2.55. The highest BCUT2D eigenvalue weighted by molar-refractivity contribution is 7.16. The summed E-state index contributed by atoms with van der Waals surface area (Å²) < 4.78 is 5.25. The van der Waals surface area contributed by atoms with Gasteiger partial charge in [0.2, 0.25) is 11.8 Å². The fourth-order valence-electron chi connectivity index (χ4n) is 5.78. The lowest BCUT2D eigenvalue weighted by atomic mass is 9.92. The molecule has 1 saturated heterocycles. The van der Waals surface area contributed by atoms with Crippen molar-refractivity contribution in [1.29, 1.82) is 0 Å². The lowest BCUT2D eigenvalue weighted by Gasteiger charge is -2.36. The zero-order chi connectivity index (χ0) is 22.4. The van der Waals surface area contributed by atoms with Gasteiger partial charge in [0.1, 0.15) is 5.00 Å². The van der Waals surface area contributed by atoms with Crippen molar-refractivity contribution in [2.45, 2.75) is 64.3 Å². The summed E-state index contributed by atoms with van der Waals surface area (Å²) in [6, 6.07) is -0.768. The number of aliphatic imine (C=N–C) groups is 1. The van der Waals surface area contributed by atoms with Gasteiger partial charge in [-0.05, 0) is 69.3 Å². The second kappa shape index (κ2) is 8.42. The van der Waals surface area contributed by atoms with Crippen LogP contribution in [0.1, 0.15) is 66.2 Å². The largest absolute Gasteiger partial charge is 0.462 e. The third-order valence-corrected chi connectivity index (χ3v) is 8.44. The highest BCUT2D eigenvalue weighted by atomic mass is 32.1. The first-order valence-electron chi connectivity index (χ1n) is 11.5. The highest BCUT2D eigenvalue weighted by Crippen LogP contribution is 2.47. The first kappa shape index (κ1) is 21.3. The van der Waals surface area contributed by atoms with Gasteiger partial charge in [-0.25, -0.2) is 14.6 Å². The van der Waals surface area contributed by atoms with Crippen LogP contribution in [-0.2, 0) is 27.2 Å². The predicted molar refractivity (Wildman–Crippen MR) is 118 cm³/mol. The number of hydrogen-bond donors (Lipinski definition) is 1. The number of ether oxygens (including phenoxy) is 1. The number of thiophene rings is 1. The maximum atomic E-state index is 13.2. The number of urea groups is 1. The molecule has 0 unspecified atom stereocenters. The molecule has 3 aliphatic carbocycles. The molecule has 32 heavy (non-hydrogen) atoms. The molecule has 3 fully saturated rings. The van der Waals surface area contributed by atoms with E-state index < -0.39 is 29.7 Å². The van der Waals surface area contributed by atoms with E-state index in [0.717, 1.165) is 61.8 Å². The molecule has 0 radical (unpaired) electrons. The van der Waals surface area contributed by atoms with E-state index in [0.29, 0.717) is 22.4 Å². The lowest BCUT2D eigenvalue weighted by molar-refractivity contribution is -0.141. The number of nitrogens with zero attached hydrogens (tertiary/aromatic N) is 2. The normalized spacial score (nSPS) is 29.5. The van der Waals surface area contributed by atoms with Crippen molar-refractivity contribution in [1.82, 2.24) is 10.2 Å². The number of carbonyl (C=O) groups is 4. The summed E-state index contributed by atoms with van der Waals surface area (Å²) in [4.78, 5) is 57.7. The van der Waals surface area contributed by atoms with E-state index in [-0.39, 0.29) is 12.6 Å². The number of carbonyl (C=O) groups excluding carboxylic acids is 4. The molecule has 5 rings (SSSR count). The van der Waals surface area contributed by atoms with E-state index in [1.807, 2.05) is 0 Å². The minimum atomic E-state index is -1.18. The Morgan fingerprint density at radius 2 is 2.03 bits per heavy atom. The zero-order valence-corrected chi connectivity index (χ0v) is 18.9. The monoisotopic (exact) mass is 457 g/mol. The van der Waals surface area contributed by atoms with Crippen LogP contribution in [0.2, 0.25) is 0 Å². The van der Waals surface area contributed by atoms with Crippen LogP contribution in [0.5, 0.6) is 0 Å². The quantitative estimate of drug-likeness (QED) is 0.415. The lowest BCUT2D eigenvalue weighted by Crippen LogP contribution is -2.62. The van der Waals surface area contributed by atoms with Gasteiger partial charge in [-0.2, -0.15) is 0 Å². The number of amides is 4. The Balaban J connectivity index is 1.43. The smallest absolute Gasteiger partial charge is 0.341 e. The Bertz CT molecular complexity index is 1020. The van der Waals surface area contributed by atoms with Crippen LogP contribution in [0.25, 0.3) is 0 Å². The molecule has 0 aromatic carbocycles. The fourth-order valence-corrected chi connectivity index (χ4v) is 7.01. The van der Waals surface area contributed by atoms with Crippen molar-refractivity contribution in [3.63, 3.8) is 0 Å². The van der Waals surface area contributed by atoms with Gasteiger partial charge >= 0.3 is 12.0 Å². The van der Waals surface area contributed by atoms with Gasteiger partial charge in [0.25, 0.3) is 0 Å². The van der Waals surface area contributed by atoms with Crippen LogP contribution in [0.15, 0.2) is 4.99 Å². The minimum absolute atomic E-state index is 0.144. The number of aryl methyl sites for hydroxylation is 1. The Labute approximate surface area is 190 Å². The second-order valence-electron chi connectivity index (χ2n) is 9.11. The van der Waals surface area contributed by atoms with Crippen molar-refractivity contribution < 1.29 is 23.9 Å². The average Bonchev–Trinajstić information content (AvgIpc) is 3.47. The standard InChI is InChI=1S/C23H27N3O5S/c1-2-31-22(29)18-14-5-3-4-6-17(14)32-20(18)24-11-15-19(27)25-23(30)26(21(15)28)16-10-12-7-8-13(16)9-12/h11-13,15-16H,2-10H2,1H3,(H,25,27,30)/t12-,13-,15+,16+/m0/s1. The van der Waals surface area contributed by atoms with Crippen molar-refractivity contribution in [3.05, 3.63) is 16.0 Å². The molecule has 4 amide bonds. The molecular weight excluding hydrogens is 430 g/mol. The molecule has 1 aliphatic heterocycles. The van der Waals surface area contributed by atoms with Crippen molar-refractivity contribution >= 4 is 46.4 Å². The molecule has 9 heteroatoms. The number of fused-ring (bicyclic) bond motifs is 3. The summed E-state index contributed by atoms with van der Waals surface area (Å²) in [5.74, 6) is -1.90. The van der Waals surface area contributed by atoms with Gasteiger partial charge in [-0.1, -0.05) is 6.42 Å². The summed E-state index contributed by atoms with van der Waals surface area (Å²) in [5, 5.41) is 2.81. The Morgan fingerprint density at radius 1 is 1.22 bits per heavy atom. The van der Waals surface area contributed by atoms with E-state index >= 15 is 0 Å². The number of nitrogens with one attached hydrogen (secondary N) is 1. The van der Waals surface area contributed by atoms with Gasteiger partial charge in [0, 0.05) is 17.1 Å². The van der Waals surface area contributed by atoms with Crippen LogP contribution in [0, 0.1) is 17.8 Å². The van der Waals surface area contributed by atoms with Gasteiger partial charge < -0.3 is 4.74 Å². The van der Waals surface area contributed by atoms with Crippen molar-refractivity contribution in [2.24, 2.45) is 22.7 Å². The van der Waals surface area contributed by atoms with E-state index in [9.17, 15) is 19.2 Å². The summed E-state index contributed by atoms with van der Waals surface area (Å²) in [5.41, 5.74) is 1.43. The second-order valence-corrected chi connectivity index (χ2v) is 10.2. The number of hydrogen-bond acceptors (Lipinski definition) is 7. The van der Waals surface area contributed by atoms with Gasteiger partial charge in [-0.3, -0.25) is 19.8 Å². The molecule has 0 spiro atoms. The van der Waals surface area contributed by atoms with Crippen LogP contribution in [0.3, 0.4) is 0 Å². The molecule has 4 atom stereocenters. The Kier molecular flexibility index (Phi) is 5.61. The number of barbiturate groups is 1. The maximum absolute atomic E-state index is 13.2. The molecule has 8 nitrogen and oxygen atoms in total. The van der Waals surface area contributed by atoms with Crippen molar-refractivity contribution in [2.75, 3.05) is 6.61 Å². The van der Waals surface area contributed by atoms with Gasteiger partial charge in [0.15, 0.2) is 5.92 Å². The number of esters is 1. The highest BCUT2D eigenvalue weighted by Gasteiger charge is 2.50. The SMILES string of the molecule is CCOC(=O)c1c(N=C[C@@H]2C(=O)NC(=O)N([C@@H]3C[C@H]4CC[C@H]3C4)C2=O)sc2c1CCCC2. The van der Waals surface area contributed by atoms with E-state index in [1.165, 1.54) is 22.5 Å². The van der Waals surface area contributed by atoms with Crippen LogP contribution in [-0.4, -0.2) is 47.6 Å². The van der Waals surface area contributed by atoms with E-state index in [4.69, 9.17) is 4.74 Å². The molecular formula is C23H27N3O5S. The zero-order valence-electron chi connectivity index (χ0n) is 18.1. The van der Waals surface area contributed by atoms with Crippen LogP contribution in [0.4, 0.5) is 9.80 Å². The first-order chi connectivity index (χ1) is 15.5. The van der Waals surface area contributed by atoms with Gasteiger partial charge in [-0.15, -0.1) is 11.3 Å². The number of imide groups is 2. The Morgan fingerprint density at radius 3 is 2.75 bits per heavy atom. The maximum Gasteiger partial charge on any atom is 0.341 e. The third-order valence-electron chi connectivity index (χ3n) is 7.24. The fraction of sp³-hybridized carbons (Fsp3) is 0.609. The van der Waals surface area contributed by atoms with Crippen LogP contribution < -0.4 is 5.32 Å². The topological polar surface area (TPSA) is 105 Å². The summed E-state index contributed by atoms with van der Waals surface area (Å²) >= 11 is 1.42. The molecule has 2 heterocycles. The van der Waals surface area contributed by atoms with Gasteiger partial charge in [0.05, 0.1) is 12.2 Å². The van der Waals surface area contributed by atoms with Crippen molar-refractivity contribution in [3.8, 4) is 0 Å². The average molecular weight is 458 g/mol. The molecule has 1 N–H and O–H groups in total. The van der Waals surface area contributed by atoms with E-state index in [1.54, 1.807) is 6.92 Å². The molecule has 1 aromatic rings. The number of rotatable bonds is 5. The first-order valence-corrected chi connectivity index (χ1v) is 12.3. The molecule has 170 valence electrons. The molecule has 1 aromatic heterocycles. The summed E-state index contributed by atoms with van der Waals surface area (Å²) in [6.07, 6.45) is 9.06. The molecule has 2 bridgehead atoms. The summed E-state index contributed by atoms with van der Waals surface area (Å²) in [7, 11) is 0. The molecule has 2 saturated carbocycles. The minimum Gasteiger partial charge on any atom is -0.462 e. The predicted octanol–water partition coefficient (Wildman–Crippen LogP) is 3.39. The van der Waals surface area contributed by atoms with Crippen LogP contribution >= 0.6 is 11.3 Å². The van der Waals surface area contributed by atoms with E-state index in [2.05, 4.69) is 10.3 Å². The third kappa shape index (κ3) is 3.56. The summed E-state index contributed by atoms with van der Waals surface area (Å²) in [6.45, 7) is 2.02. The molecule has 4 aliphatic rings.